The molecule has 1 aromatic heterocycles. The minimum absolute atomic E-state index is 0.0207. The highest BCUT2D eigenvalue weighted by atomic mass is 35.5. The summed E-state index contributed by atoms with van der Waals surface area (Å²) >= 11 is 5.87. The van der Waals surface area contributed by atoms with Gasteiger partial charge in [0.2, 0.25) is 5.91 Å². The summed E-state index contributed by atoms with van der Waals surface area (Å²) in [7, 11) is 0. The van der Waals surface area contributed by atoms with E-state index in [9.17, 15) is 4.79 Å². The molecule has 2 heterocycles. The van der Waals surface area contributed by atoms with Crippen molar-refractivity contribution in [2.24, 2.45) is 5.92 Å². The second kappa shape index (κ2) is 8.89. The lowest BCUT2D eigenvalue weighted by molar-refractivity contribution is -0.119. The molecule has 0 spiro atoms. The Morgan fingerprint density at radius 2 is 1.93 bits per heavy atom. The average Bonchev–Trinajstić information content (AvgIpc) is 3.04. The molecule has 1 fully saturated rings. The van der Waals surface area contributed by atoms with Crippen LogP contribution in [0.2, 0.25) is 5.02 Å². The third-order valence-electron chi connectivity index (χ3n) is 5.47. The summed E-state index contributed by atoms with van der Waals surface area (Å²) < 4.78 is 1.69. The number of hydrogen-bond donors (Lipinski definition) is 1. The summed E-state index contributed by atoms with van der Waals surface area (Å²) in [6.45, 7) is 7.99. The molecule has 3 atom stereocenters. The van der Waals surface area contributed by atoms with Crippen molar-refractivity contribution in [3.05, 3.63) is 47.2 Å². The van der Waals surface area contributed by atoms with Gasteiger partial charge in [0, 0.05) is 30.5 Å². The van der Waals surface area contributed by atoms with Crippen LogP contribution >= 0.6 is 11.6 Å². The van der Waals surface area contributed by atoms with Gasteiger partial charge < -0.3 is 5.32 Å². The van der Waals surface area contributed by atoms with Gasteiger partial charge >= 0.3 is 0 Å². The van der Waals surface area contributed by atoms with E-state index in [0.29, 0.717) is 23.7 Å². The molecule has 0 radical (unpaired) electrons. The molecule has 5 nitrogen and oxygen atoms in total. The molecule has 3 unspecified atom stereocenters. The van der Waals surface area contributed by atoms with Crippen LogP contribution in [0.5, 0.6) is 0 Å². The maximum absolute atomic E-state index is 12.4. The maximum Gasteiger partial charge on any atom is 0.229 e. The molecule has 0 bridgehead atoms. The number of nitrogens with zero attached hydrogens (tertiary/aromatic N) is 3. The number of hydrogen-bond acceptors (Lipinski definition) is 3. The van der Waals surface area contributed by atoms with Crippen LogP contribution in [-0.2, 0) is 17.9 Å². The fourth-order valence-electron chi connectivity index (χ4n) is 3.76. The molecule has 1 saturated heterocycles. The lowest BCUT2D eigenvalue weighted by Gasteiger charge is -2.39. The fourth-order valence-corrected chi connectivity index (χ4v) is 3.91. The normalized spacial score (nSPS) is 21.8. The van der Waals surface area contributed by atoms with Gasteiger partial charge in [-0.3, -0.25) is 14.4 Å². The van der Waals surface area contributed by atoms with Gasteiger partial charge in [0.25, 0.3) is 0 Å². The summed E-state index contributed by atoms with van der Waals surface area (Å²) in [6, 6.07) is 9.46. The highest BCUT2D eigenvalue weighted by Gasteiger charge is 2.24. The second-order valence-electron chi connectivity index (χ2n) is 7.77. The van der Waals surface area contributed by atoms with Crippen LogP contribution in [0, 0.1) is 5.92 Å². The molecule has 27 heavy (non-hydrogen) atoms. The molecular weight excluding hydrogens is 360 g/mol. The van der Waals surface area contributed by atoms with Gasteiger partial charge in [0.15, 0.2) is 0 Å². The molecule has 1 aromatic carbocycles. The molecule has 2 aromatic rings. The van der Waals surface area contributed by atoms with E-state index in [-0.39, 0.29) is 11.8 Å². The standard InChI is InChI=1S/C21H29ClN4O/c1-15(12-25-14-19(22)11-23-25)21(27)24-20-9-7-18(8-10-20)13-26-16(2)5-4-6-17(26)3/h7-11,14-17H,4-6,12-13H2,1-3H3,(H,24,27). The van der Waals surface area contributed by atoms with Crippen molar-refractivity contribution >= 4 is 23.2 Å². The van der Waals surface area contributed by atoms with E-state index < -0.39 is 0 Å². The Bertz CT molecular complexity index is 748. The van der Waals surface area contributed by atoms with Crippen LogP contribution < -0.4 is 5.32 Å². The first-order chi connectivity index (χ1) is 12.9. The number of anilines is 1. The van der Waals surface area contributed by atoms with Crippen molar-refractivity contribution < 1.29 is 4.79 Å². The maximum atomic E-state index is 12.4. The van der Waals surface area contributed by atoms with Gasteiger partial charge in [-0.25, -0.2) is 0 Å². The highest BCUT2D eigenvalue weighted by Crippen LogP contribution is 2.25. The minimum atomic E-state index is -0.198. The van der Waals surface area contributed by atoms with Gasteiger partial charge in [-0.2, -0.15) is 5.10 Å². The van der Waals surface area contributed by atoms with E-state index in [1.165, 1.54) is 24.8 Å². The number of carbonyl (C=O) groups excluding carboxylic acids is 1. The van der Waals surface area contributed by atoms with Crippen molar-refractivity contribution in [1.82, 2.24) is 14.7 Å². The smallest absolute Gasteiger partial charge is 0.229 e. The van der Waals surface area contributed by atoms with E-state index in [2.05, 4.69) is 41.3 Å². The monoisotopic (exact) mass is 388 g/mol. The Labute approximate surface area is 166 Å². The van der Waals surface area contributed by atoms with E-state index in [1.807, 2.05) is 19.1 Å². The first-order valence-corrected chi connectivity index (χ1v) is 10.1. The zero-order chi connectivity index (χ0) is 19.4. The molecule has 1 aliphatic heterocycles. The number of amides is 1. The van der Waals surface area contributed by atoms with Crippen LogP contribution in [0.1, 0.15) is 45.6 Å². The second-order valence-corrected chi connectivity index (χ2v) is 8.21. The van der Waals surface area contributed by atoms with Crippen molar-refractivity contribution in [2.45, 2.75) is 65.2 Å². The lowest BCUT2D eigenvalue weighted by Crippen LogP contribution is -2.42. The summed E-state index contributed by atoms with van der Waals surface area (Å²) in [6.07, 6.45) is 7.18. The Balaban J connectivity index is 1.54. The molecule has 3 rings (SSSR count). The van der Waals surface area contributed by atoms with Gasteiger partial charge in [0.1, 0.15) is 0 Å². The van der Waals surface area contributed by atoms with Crippen LogP contribution in [0.4, 0.5) is 5.69 Å². The van der Waals surface area contributed by atoms with Crippen molar-refractivity contribution in [2.75, 3.05) is 5.32 Å². The van der Waals surface area contributed by atoms with Crippen LogP contribution in [0.25, 0.3) is 0 Å². The number of rotatable bonds is 6. The SMILES string of the molecule is CC(Cn1cc(Cl)cn1)C(=O)Nc1ccc(CN2C(C)CCCC2C)cc1. The number of nitrogens with one attached hydrogen (secondary N) is 1. The summed E-state index contributed by atoms with van der Waals surface area (Å²) in [5.41, 5.74) is 2.11. The van der Waals surface area contributed by atoms with Crippen LogP contribution in [0.15, 0.2) is 36.7 Å². The summed E-state index contributed by atoms with van der Waals surface area (Å²) in [5, 5.41) is 7.69. The summed E-state index contributed by atoms with van der Waals surface area (Å²) in [5.74, 6) is -0.219. The molecule has 0 aliphatic carbocycles. The number of piperidine rings is 1. The largest absolute Gasteiger partial charge is 0.326 e. The number of carbonyl (C=O) groups is 1. The van der Waals surface area contributed by atoms with Crippen LogP contribution in [-0.4, -0.2) is 32.7 Å². The third kappa shape index (κ3) is 5.33. The number of benzene rings is 1. The van der Waals surface area contributed by atoms with Crippen LogP contribution in [0.3, 0.4) is 0 Å². The Hall–Kier alpha value is -1.85. The predicted octanol–water partition coefficient (Wildman–Crippen LogP) is 4.57. The molecule has 146 valence electrons. The van der Waals surface area contributed by atoms with E-state index >= 15 is 0 Å². The predicted molar refractivity (Wildman–Crippen MR) is 110 cm³/mol. The quantitative estimate of drug-likeness (QED) is 0.788. The molecule has 0 saturated carbocycles. The van der Waals surface area contributed by atoms with Crippen molar-refractivity contribution in [3.8, 4) is 0 Å². The molecule has 1 aliphatic rings. The number of halogens is 1. The van der Waals surface area contributed by atoms with Crippen molar-refractivity contribution in [3.63, 3.8) is 0 Å². The minimum Gasteiger partial charge on any atom is -0.326 e. The first-order valence-electron chi connectivity index (χ1n) is 9.76. The van der Waals surface area contributed by atoms with E-state index in [4.69, 9.17) is 11.6 Å². The zero-order valence-corrected chi connectivity index (χ0v) is 17.1. The topological polar surface area (TPSA) is 50.2 Å². The highest BCUT2D eigenvalue weighted by molar-refractivity contribution is 6.30. The molecule has 6 heteroatoms. The fraction of sp³-hybridized carbons (Fsp3) is 0.524. The lowest BCUT2D eigenvalue weighted by atomic mass is 9.97. The van der Waals surface area contributed by atoms with E-state index in [1.54, 1.807) is 17.1 Å². The van der Waals surface area contributed by atoms with Gasteiger partial charge in [-0.15, -0.1) is 0 Å². The van der Waals surface area contributed by atoms with E-state index in [0.717, 1.165) is 12.2 Å². The van der Waals surface area contributed by atoms with Gasteiger partial charge in [0.05, 0.1) is 23.7 Å². The van der Waals surface area contributed by atoms with Gasteiger partial charge in [-0.1, -0.05) is 37.1 Å². The number of aromatic nitrogens is 2. The zero-order valence-electron chi connectivity index (χ0n) is 16.4. The van der Waals surface area contributed by atoms with Gasteiger partial charge in [-0.05, 0) is 44.4 Å². The Morgan fingerprint density at radius 3 is 2.52 bits per heavy atom. The van der Waals surface area contributed by atoms with Crippen molar-refractivity contribution in [1.29, 1.82) is 0 Å². The molecule has 1 N–H and O–H groups in total. The first kappa shape index (κ1) is 19.9. The summed E-state index contributed by atoms with van der Waals surface area (Å²) in [4.78, 5) is 15.0. The Morgan fingerprint density at radius 1 is 1.26 bits per heavy atom. The number of likely N-dealkylation sites (tertiary alicyclic amines) is 1. The third-order valence-corrected chi connectivity index (χ3v) is 5.67. The Kier molecular flexibility index (Phi) is 6.55. The average molecular weight is 389 g/mol. The molecular formula is C21H29ClN4O. The molecule has 1 amide bonds.